The van der Waals surface area contributed by atoms with Crippen LogP contribution in [-0.4, -0.2) is 47.4 Å². The summed E-state index contributed by atoms with van der Waals surface area (Å²) in [6.07, 6.45) is 64.8. The lowest BCUT2D eigenvalue weighted by molar-refractivity contribution is -0.143. The zero-order chi connectivity index (χ0) is 46.5. The van der Waals surface area contributed by atoms with Crippen molar-refractivity contribution >= 4 is 11.9 Å². The van der Waals surface area contributed by atoms with E-state index in [1.54, 1.807) is 6.08 Å². The van der Waals surface area contributed by atoms with E-state index in [9.17, 15) is 19.8 Å². The summed E-state index contributed by atoms with van der Waals surface area (Å²) in [6.45, 7) is 4.89. The summed E-state index contributed by atoms with van der Waals surface area (Å²) >= 11 is 0. The van der Waals surface area contributed by atoms with Crippen molar-refractivity contribution in [1.29, 1.82) is 0 Å². The van der Waals surface area contributed by atoms with E-state index in [0.29, 0.717) is 19.4 Å². The van der Waals surface area contributed by atoms with Crippen LogP contribution >= 0.6 is 0 Å². The first kappa shape index (κ1) is 62.3. The highest BCUT2D eigenvalue weighted by Crippen LogP contribution is 2.16. The first-order valence-corrected chi connectivity index (χ1v) is 28.6. The molecule has 6 heteroatoms. The number of aliphatic hydroxyl groups is 2. The van der Waals surface area contributed by atoms with Gasteiger partial charge in [-0.25, -0.2) is 0 Å². The Labute approximate surface area is 399 Å². The number of hydrogen-bond donors (Lipinski definition) is 3. The number of ether oxygens (including phenoxy) is 1. The highest BCUT2D eigenvalue weighted by molar-refractivity contribution is 5.76. The maximum Gasteiger partial charge on any atom is 0.305 e. The van der Waals surface area contributed by atoms with Crippen molar-refractivity contribution in [2.75, 3.05) is 13.2 Å². The molecule has 0 bridgehead atoms. The fourth-order valence-electron chi connectivity index (χ4n) is 8.81. The highest BCUT2D eigenvalue weighted by Gasteiger charge is 2.18. The molecule has 0 aliphatic rings. The van der Waals surface area contributed by atoms with Crippen LogP contribution in [0.3, 0.4) is 0 Å². The second kappa shape index (κ2) is 54.0. The van der Waals surface area contributed by atoms with Gasteiger partial charge in [0.15, 0.2) is 0 Å². The highest BCUT2D eigenvalue weighted by atomic mass is 16.5. The van der Waals surface area contributed by atoms with Crippen LogP contribution in [0.15, 0.2) is 24.3 Å². The third-order valence-corrected chi connectivity index (χ3v) is 13.2. The number of amides is 1. The van der Waals surface area contributed by atoms with Gasteiger partial charge in [-0.05, 0) is 57.8 Å². The van der Waals surface area contributed by atoms with Crippen molar-refractivity contribution in [3.05, 3.63) is 24.3 Å². The molecule has 0 fully saturated rings. The summed E-state index contributed by atoms with van der Waals surface area (Å²) in [5, 5.41) is 23.1. The molecule has 0 rings (SSSR count). The van der Waals surface area contributed by atoms with E-state index in [-0.39, 0.29) is 18.5 Å². The fourth-order valence-corrected chi connectivity index (χ4v) is 8.81. The largest absolute Gasteiger partial charge is 0.466 e. The van der Waals surface area contributed by atoms with Gasteiger partial charge in [0, 0.05) is 12.8 Å². The topological polar surface area (TPSA) is 95.9 Å². The Morgan fingerprint density at radius 1 is 0.422 bits per heavy atom. The van der Waals surface area contributed by atoms with Crippen LogP contribution in [0.25, 0.3) is 0 Å². The first-order chi connectivity index (χ1) is 31.5. The molecule has 0 saturated heterocycles. The number of rotatable bonds is 53. The Morgan fingerprint density at radius 2 is 0.734 bits per heavy atom. The Morgan fingerprint density at radius 3 is 1.11 bits per heavy atom. The average molecular weight is 903 g/mol. The molecule has 0 heterocycles. The van der Waals surface area contributed by atoms with Crippen LogP contribution in [-0.2, 0) is 14.3 Å². The van der Waals surface area contributed by atoms with Gasteiger partial charge in [-0.3, -0.25) is 9.59 Å². The summed E-state index contributed by atoms with van der Waals surface area (Å²) in [5.74, 6) is -0.0800. The number of hydrogen-bond acceptors (Lipinski definition) is 5. The second-order valence-corrected chi connectivity index (χ2v) is 19.6. The number of carbonyl (C=O) groups is 2. The summed E-state index contributed by atoms with van der Waals surface area (Å²) in [5.41, 5.74) is 0. The summed E-state index contributed by atoms with van der Waals surface area (Å²) in [6, 6.07) is -0.636. The van der Waals surface area contributed by atoms with E-state index in [1.165, 1.54) is 225 Å². The smallest absolute Gasteiger partial charge is 0.305 e. The van der Waals surface area contributed by atoms with Gasteiger partial charge in [-0.15, -0.1) is 0 Å². The van der Waals surface area contributed by atoms with E-state index in [1.807, 2.05) is 6.08 Å². The van der Waals surface area contributed by atoms with Gasteiger partial charge in [0.1, 0.15) is 0 Å². The van der Waals surface area contributed by atoms with Crippen molar-refractivity contribution in [1.82, 2.24) is 5.32 Å². The Kier molecular flexibility index (Phi) is 52.6. The van der Waals surface area contributed by atoms with Gasteiger partial charge in [0.25, 0.3) is 0 Å². The normalized spacial score (nSPS) is 12.8. The van der Waals surface area contributed by atoms with Crippen LogP contribution in [0.1, 0.15) is 309 Å². The molecular formula is C58H111NO5. The van der Waals surface area contributed by atoms with Crippen LogP contribution in [0.4, 0.5) is 0 Å². The minimum absolute atomic E-state index is 0.00191. The molecule has 378 valence electrons. The van der Waals surface area contributed by atoms with Crippen molar-refractivity contribution < 1.29 is 24.5 Å². The molecule has 0 saturated carbocycles. The molecule has 1 amide bonds. The van der Waals surface area contributed by atoms with Crippen LogP contribution in [0.2, 0.25) is 0 Å². The molecule has 0 aliphatic heterocycles. The third-order valence-electron chi connectivity index (χ3n) is 13.2. The lowest BCUT2D eigenvalue weighted by Gasteiger charge is -2.20. The molecule has 6 nitrogen and oxygen atoms in total. The molecule has 0 radical (unpaired) electrons. The molecule has 0 spiro atoms. The van der Waals surface area contributed by atoms with Crippen LogP contribution < -0.4 is 5.32 Å². The third kappa shape index (κ3) is 49.8. The quantitative estimate of drug-likeness (QED) is 0.0321. The zero-order valence-corrected chi connectivity index (χ0v) is 43.0. The van der Waals surface area contributed by atoms with Crippen LogP contribution in [0.5, 0.6) is 0 Å². The number of unbranched alkanes of at least 4 members (excludes halogenated alkanes) is 40. The average Bonchev–Trinajstić information content (AvgIpc) is 3.29. The minimum Gasteiger partial charge on any atom is -0.466 e. The predicted molar refractivity (Wildman–Crippen MR) is 278 cm³/mol. The lowest BCUT2D eigenvalue weighted by atomic mass is 10.0. The number of nitrogens with one attached hydrogen (secondary N) is 1. The molecule has 0 aromatic carbocycles. The van der Waals surface area contributed by atoms with Crippen molar-refractivity contribution in [2.45, 2.75) is 321 Å². The SMILES string of the molecule is CCCCCCCCCCCCCCCCCC/C=C/C(O)C(CO)NC(=O)CCCCCCCCC/C=C\CCCCCCCCOC(=O)CCCCCCCCCCCCCC. The molecule has 0 aromatic rings. The van der Waals surface area contributed by atoms with Crippen molar-refractivity contribution in [3.8, 4) is 0 Å². The van der Waals surface area contributed by atoms with E-state index in [0.717, 1.165) is 57.8 Å². The molecule has 2 atom stereocenters. The molecule has 0 aliphatic carbocycles. The Bertz CT molecular complexity index is 997. The molecule has 64 heavy (non-hydrogen) atoms. The molecule has 2 unspecified atom stereocenters. The van der Waals surface area contributed by atoms with E-state index < -0.39 is 12.1 Å². The van der Waals surface area contributed by atoms with Gasteiger partial charge in [0.2, 0.25) is 5.91 Å². The molecule has 3 N–H and O–H groups in total. The van der Waals surface area contributed by atoms with E-state index >= 15 is 0 Å². The maximum atomic E-state index is 12.5. The number of aliphatic hydroxyl groups excluding tert-OH is 2. The summed E-state index contributed by atoms with van der Waals surface area (Å²) in [7, 11) is 0. The zero-order valence-electron chi connectivity index (χ0n) is 43.0. The number of carbonyl (C=O) groups excluding carboxylic acids is 2. The van der Waals surface area contributed by atoms with Crippen molar-refractivity contribution in [3.63, 3.8) is 0 Å². The standard InChI is InChI=1S/C58H111NO5/c1-3-5-7-9-11-13-15-17-18-19-21-24-27-30-34-38-42-46-50-56(61)55(54-60)59-57(62)51-47-43-39-35-31-28-25-22-20-23-26-29-33-37-41-45-49-53-64-58(63)52-48-44-40-36-32-16-14-12-10-8-6-4-2/h20,23,46,50,55-56,60-61H,3-19,21-22,24-45,47-49,51-54H2,1-2H3,(H,59,62)/b23-20-,50-46+. The van der Waals surface area contributed by atoms with Gasteiger partial charge in [-0.1, -0.05) is 263 Å². The Balaban J connectivity index is 3.49. The minimum atomic E-state index is -0.852. The van der Waals surface area contributed by atoms with Gasteiger partial charge in [0.05, 0.1) is 25.4 Å². The van der Waals surface area contributed by atoms with E-state index in [4.69, 9.17) is 4.74 Å². The maximum absolute atomic E-state index is 12.5. The van der Waals surface area contributed by atoms with Gasteiger partial charge in [-0.2, -0.15) is 0 Å². The first-order valence-electron chi connectivity index (χ1n) is 28.6. The summed E-state index contributed by atoms with van der Waals surface area (Å²) < 4.78 is 5.46. The number of esters is 1. The van der Waals surface area contributed by atoms with Gasteiger partial charge >= 0.3 is 5.97 Å². The van der Waals surface area contributed by atoms with Gasteiger partial charge < -0.3 is 20.3 Å². The molecular weight excluding hydrogens is 791 g/mol. The lowest BCUT2D eigenvalue weighted by Crippen LogP contribution is -2.45. The van der Waals surface area contributed by atoms with Crippen LogP contribution in [0, 0.1) is 0 Å². The molecule has 0 aromatic heterocycles. The predicted octanol–water partition coefficient (Wildman–Crippen LogP) is 17.5. The monoisotopic (exact) mass is 902 g/mol. The van der Waals surface area contributed by atoms with E-state index in [2.05, 4.69) is 31.3 Å². The Hall–Kier alpha value is -1.66. The number of allylic oxidation sites excluding steroid dienone is 3. The second-order valence-electron chi connectivity index (χ2n) is 19.6. The summed E-state index contributed by atoms with van der Waals surface area (Å²) in [4.78, 5) is 24.5. The van der Waals surface area contributed by atoms with Crippen molar-refractivity contribution in [2.24, 2.45) is 0 Å². The fraction of sp³-hybridized carbons (Fsp3) is 0.897.